The summed E-state index contributed by atoms with van der Waals surface area (Å²) in [5.41, 5.74) is 13.6. The van der Waals surface area contributed by atoms with Crippen molar-refractivity contribution in [1.82, 2.24) is 39.6 Å². The van der Waals surface area contributed by atoms with Crippen LogP contribution in [0.5, 0.6) is 0 Å². The molecule has 14 nitrogen and oxygen atoms in total. The van der Waals surface area contributed by atoms with Crippen molar-refractivity contribution in [3.8, 4) is 22.8 Å². The quantitative estimate of drug-likeness (QED) is 0.0800. The van der Waals surface area contributed by atoms with Crippen LogP contribution in [0.25, 0.3) is 55.6 Å². The molecular formula is C44H34N12O2. The van der Waals surface area contributed by atoms with Crippen molar-refractivity contribution in [2.45, 2.75) is 13.8 Å². The molecule has 0 aliphatic rings. The lowest BCUT2D eigenvalue weighted by molar-refractivity contribution is -0.384. The molecule has 0 bridgehead atoms. The van der Waals surface area contributed by atoms with Gasteiger partial charge < -0.3 is 16.4 Å². The molecule has 58 heavy (non-hydrogen) atoms. The third kappa shape index (κ3) is 6.60. The van der Waals surface area contributed by atoms with Crippen molar-refractivity contribution in [1.29, 1.82) is 0 Å². The second-order valence-corrected chi connectivity index (χ2v) is 13.6. The van der Waals surface area contributed by atoms with Gasteiger partial charge in [-0.15, -0.1) is 30.6 Å². The predicted octanol–water partition coefficient (Wildman–Crippen LogP) is 9.48. The molecule has 0 radical (unpaired) electrons. The zero-order valence-corrected chi connectivity index (χ0v) is 31.3. The van der Waals surface area contributed by atoms with E-state index in [0.717, 1.165) is 66.8 Å². The number of nitrogens with zero attached hydrogens (tertiary/aromatic N) is 9. The minimum atomic E-state index is -0.421. The van der Waals surface area contributed by atoms with E-state index in [4.69, 9.17) is 15.9 Å². The molecule has 10 rings (SSSR count). The summed E-state index contributed by atoms with van der Waals surface area (Å²) >= 11 is 0. The summed E-state index contributed by atoms with van der Waals surface area (Å²) in [5.74, 6) is 2.64. The van der Waals surface area contributed by atoms with E-state index in [1.54, 1.807) is 21.2 Å². The Morgan fingerprint density at radius 1 is 0.534 bits per heavy atom. The van der Waals surface area contributed by atoms with Gasteiger partial charge in [0.2, 0.25) is 0 Å². The molecule has 0 fully saturated rings. The lowest BCUT2D eigenvalue weighted by atomic mass is 10.1. The van der Waals surface area contributed by atoms with Crippen LogP contribution in [-0.4, -0.2) is 44.5 Å². The first-order chi connectivity index (χ1) is 28.3. The highest BCUT2D eigenvalue weighted by Crippen LogP contribution is 2.32. The molecule has 0 saturated heterocycles. The van der Waals surface area contributed by atoms with Crippen LogP contribution < -0.4 is 16.4 Å². The maximum absolute atomic E-state index is 11.1. The summed E-state index contributed by atoms with van der Waals surface area (Å²) in [5, 5.41) is 48.7. The summed E-state index contributed by atoms with van der Waals surface area (Å²) in [6, 6.07) is 45.8. The van der Waals surface area contributed by atoms with E-state index in [9.17, 15) is 10.1 Å². The fourth-order valence-corrected chi connectivity index (χ4v) is 6.92. The number of nitro benzene ring substituents is 1. The van der Waals surface area contributed by atoms with Gasteiger partial charge >= 0.3 is 0 Å². The summed E-state index contributed by atoms with van der Waals surface area (Å²) in [4.78, 5) is 10.7. The summed E-state index contributed by atoms with van der Waals surface area (Å²) in [7, 11) is 0. The number of non-ortho nitro benzene ring substituents is 1. The number of aromatic nitrogens is 8. The fourth-order valence-electron chi connectivity index (χ4n) is 6.92. The highest BCUT2D eigenvalue weighted by Gasteiger charge is 2.19. The van der Waals surface area contributed by atoms with E-state index in [-0.39, 0.29) is 5.69 Å². The van der Waals surface area contributed by atoms with Crippen molar-refractivity contribution in [3.63, 3.8) is 0 Å². The first-order valence-corrected chi connectivity index (χ1v) is 18.4. The molecule has 0 aliphatic heterocycles. The van der Waals surface area contributed by atoms with Gasteiger partial charge in [0.15, 0.2) is 34.6 Å². The summed E-state index contributed by atoms with van der Waals surface area (Å²) < 4.78 is 3.52. The normalized spacial score (nSPS) is 11.1. The van der Waals surface area contributed by atoms with Crippen LogP contribution >= 0.6 is 0 Å². The van der Waals surface area contributed by atoms with Crippen molar-refractivity contribution in [2.24, 2.45) is 0 Å². The molecule has 4 aromatic heterocycles. The Labute approximate surface area is 330 Å². The van der Waals surface area contributed by atoms with Gasteiger partial charge in [0, 0.05) is 61.9 Å². The average molecular weight is 763 g/mol. The second-order valence-electron chi connectivity index (χ2n) is 13.6. The van der Waals surface area contributed by atoms with Crippen molar-refractivity contribution in [3.05, 3.63) is 167 Å². The van der Waals surface area contributed by atoms with E-state index in [1.807, 2.05) is 122 Å². The number of anilines is 5. The minimum Gasteiger partial charge on any atom is -0.399 e. The van der Waals surface area contributed by atoms with Crippen molar-refractivity contribution < 1.29 is 4.92 Å². The molecule has 4 heterocycles. The Morgan fingerprint density at radius 3 is 1.47 bits per heavy atom. The van der Waals surface area contributed by atoms with E-state index in [0.29, 0.717) is 28.7 Å². The Balaban J connectivity index is 0.000000151. The van der Waals surface area contributed by atoms with Gasteiger partial charge in [0.25, 0.3) is 5.69 Å². The van der Waals surface area contributed by atoms with Crippen LogP contribution in [-0.2, 0) is 0 Å². The van der Waals surface area contributed by atoms with Gasteiger partial charge in [-0.25, -0.2) is 0 Å². The van der Waals surface area contributed by atoms with Crippen LogP contribution in [0.15, 0.2) is 146 Å². The lowest BCUT2D eigenvalue weighted by Crippen LogP contribution is -2.03. The maximum Gasteiger partial charge on any atom is 0.271 e. The maximum atomic E-state index is 11.1. The highest BCUT2D eigenvalue weighted by atomic mass is 16.6. The Bertz CT molecular complexity index is 3170. The molecule has 6 aromatic carbocycles. The van der Waals surface area contributed by atoms with Crippen molar-refractivity contribution in [2.75, 3.05) is 16.4 Å². The molecule has 14 heteroatoms. The second kappa shape index (κ2) is 14.8. The van der Waals surface area contributed by atoms with Gasteiger partial charge in [0.05, 0.1) is 4.92 Å². The molecule has 0 spiro atoms. The highest BCUT2D eigenvalue weighted by molar-refractivity contribution is 6.02. The molecule has 0 unspecified atom stereocenters. The topological polar surface area (TPSA) is 179 Å². The van der Waals surface area contributed by atoms with Crippen LogP contribution in [0.4, 0.5) is 34.4 Å². The van der Waals surface area contributed by atoms with Gasteiger partial charge in [0.1, 0.15) is 0 Å². The number of hydrogen-bond donors (Lipinski definition) is 3. The van der Waals surface area contributed by atoms with Crippen molar-refractivity contribution >= 4 is 67.2 Å². The van der Waals surface area contributed by atoms with E-state index in [2.05, 4.69) is 44.0 Å². The molecule has 0 amide bonds. The lowest BCUT2D eigenvalue weighted by Gasteiger charge is -2.11. The van der Waals surface area contributed by atoms with Crippen LogP contribution in [0.2, 0.25) is 0 Å². The van der Waals surface area contributed by atoms with Crippen LogP contribution in [0.1, 0.15) is 11.1 Å². The number of nitrogen functional groups attached to an aromatic ring is 1. The van der Waals surface area contributed by atoms with Gasteiger partial charge in [-0.3, -0.25) is 10.1 Å². The number of hydrogen-bond acceptors (Lipinski definition) is 11. The van der Waals surface area contributed by atoms with Gasteiger partial charge in [-0.1, -0.05) is 109 Å². The fraction of sp³-hybridized carbons (Fsp3) is 0.0455. The van der Waals surface area contributed by atoms with E-state index in [1.165, 1.54) is 12.1 Å². The number of nitrogens with two attached hydrogens (primary N) is 1. The third-order valence-corrected chi connectivity index (χ3v) is 9.77. The number of nitro groups is 1. The van der Waals surface area contributed by atoms with Crippen LogP contribution in [0.3, 0.4) is 0 Å². The number of nitrogens with one attached hydrogen (secondary N) is 2. The number of rotatable bonds is 7. The SMILES string of the molecule is Cc1ccccc1-c1nnc2c3ccccc3c(Nc3cccc(N)c3)nn12.Cc1ccccc1-c1nnc2c3ccccc3c(Nc3cccc([N+](=O)[O-])c3)nn12. The Morgan fingerprint density at radius 2 is 0.983 bits per heavy atom. The smallest absolute Gasteiger partial charge is 0.271 e. The zero-order valence-electron chi connectivity index (χ0n) is 31.3. The average Bonchev–Trinajstić information content (AvgIpc) is 3.87. The molecule has 0 atom stereocenters. The van der Waals surface area contributed by atoms with E-state index < -0.39 is 4.92 Å². The molecule has 4 N–H and O–H groups in total. The molecule has 282 valence electrons. The third-order valence-electron chi connectivity index (χ3n) is 9.77. The standard InChI is InChI=1S/C22H16N6O2.C22H18N6/c1-14-7-2-3-10-17(14)21-24-25-22-19-12-5-4-11-18(19)20(26-27(21)22)23-15-8-6-9-16(13-15)28(29)30;1-14-7-2-3-10-17(14)21-25-26-22-19-12-5-4-11-18(19)20(27-28(21)22)24-16-9-6-8-15(23)13-16/h2-13H,1H3,(H,23,26);2-13H,23H2,1H3,(H,24,27). The first kappa shape index (κ1) is 35.4. The Kier molecular flexibility index (Phi) is 9.02. The number of benzene rings is 6. The van der Waals surface area contributed by atoms with Gasteiger partial charge in [-0.05, 0) is 49.2 Å². The molecule has 10 aromatic rings. The number of fused-ring (bicyclic) bond motifs is 6. The Hall–Kier alpha value is -8.26. The van der Waals surface area contributed by atoms with E-state index >= 15 is 0 Å². The summed E-state index contributed by atoms with van der Waals surface area (Å²) in [6.45, 7) is 4.07. The minimum absolute atomic E-state index is 0.00952. The molecular weight excluding hydrogens is 729 g/mol. The first-order valence-electron chi connectivity index (χ1n) is 18.4. The number of aryl methyl sites for hydroxylation is 2. The monoisotopic (exact) mass is 762 g/mol. The largest absolute Gasteiger partial charge is 0.399 e. The zero-order chi connectivity index (χ0) is 39.8. The molecule has 0 saturated carbocycles. The predicted molar refractivity (Wildman–Crippen MR) is 227 cm³/mol. The summed E-state index contributed by atoms with van der Waals surface area (Å²) in [6.07, 6.45) is 0. The molecule has 0 aliphatic carbocycles. The van der Waals surface area contributed by atoms with Gasteiger partial charge in [-0.2, -0.15) is 9.03 Å². The van der Waals surface area contributed by atoms with Crippen LogP contribution in [0, 0.1) is 24.0 Å².